The summed E-state index contributed by atoms with van der Waals surface area (Å²) in [5.74, 6) is 0. The van der Waals surface area contributed by atoms with E-state index in [0.717, 1.165) is 17.0 Å². The molecule has 0 aliphatic heterocycles. The molecule has 4 aliphatic rings. The Bertz CT molecular complexity index is 2180. The predicted molar refractivity (Wildman–Crippen MR) is 233 cm³/mol. The van der Waals surface area contributed by atoms with Crippen LogP contribution in [-0.4, -0.2) is 4.21 Å². The van der Waals surface area contributed by atoms with Gasteiger partial charge in [-0.05, 0) is 0 Å². The Morgan fingerprint density at radius 3 is 1.75 bits per heavy atom. The molecular weight excluding hydrogens is 751 g/mol. The van der Waals surface area contributed by atoms with Gasteiger partial charge in [-0.25, -0.2) is 0 Å². The summed E-state index contributed by atoms with van der Waals surface area (Å²) in [6.07, 6.45) is 9.73. The average Bonchev–Trinajstić information content (AvgIpc) is 3.76. The van der Waals surface area contributed by atoms with E-state index in [1.54, 1.807) is 12.1 Å². The van der Waals surface area contributed by atoms with E-state index in [4.69, 9.17) is 4.21 Å². The van der Waals surface area contributed by atoms with Gasteiger partial charge in [-0.15, -0.1) is 24.8 Å². The third-order valence-electron chi connectivity index (χ3n) is 13.4. The van der Waals surface area contributed by atoms with Crippen LogP contribution >= 0.6 is 24.8 Å². The molecule has 7 rings (SSSR count). The zero-order chi connectivity index (χ0) is 36.6. The van der Waals surface area contributed by atoms with Gasteiger partial charge in [-0.1, -0.05) is 0 Å². The van der Waals surface area contributed by atoms with E-state index in [0.29, 0.717) is 0 Å². The van der Waals surface area contributed by atoms with Gasteiger partial charge in [0.05, 0.1) is 0 Å². The summed E-state index contributed by atoms with van der Waals surface area (Å²) >= 11 is -4.49. The molecule has 0 heterocycles. The molecule has 0 aromatic heterocycles. The summed E-state index contributed by atoms with van der Waals surface area (Å²) in [6.45, 7) is 34.0. The fourth-order valence-corrected chi connectivity index (χ4v) is 28.1. The van der Waals surface area contributed by atoms with Crippen LogP contribution in [0.2, 0.25) is 4.13 Å². The molecule has 0 unspecified atom stereocenters. The molecule has 0 N–H and O–H groups in total. The molecule has 52 heavy (non-hydrogen) atoms. The number of fused-ring (bicyclic) bond motifs is 5. The van der Waals surface area contributed by atoms with E-state index in [-0.39, 0.29) is 51.9 Å². The van der Waals surface area contributed by atoms with Gasteiger partial charge in [0.25, 0.3) is 0 Å². The first kappa shape index (κ1) is 41.1. The molecule has 0 bridgehead atoms. The number of rotatable bonds is 4. The summed E-state index contributed by atoms with van der Waals surface area (Å²) in [5.41, 5.74) is 16.5. The van der Waals surface area contributed by atoms with Crippen molar-refractivity contribution in [2.45, 2.75) is 125 Å². The van der Waals surface area contributed by atoms with Crippen molar-refractivity contribution < 1.29 is 18.3 Å². The van der Waals surface area contributed by atoms with Gasteiger partial charge in [0, 0.05) is 0 Å². The normalized spacial score (nSPS) is 18.8. The van der Waals surface area contributed by atoms with E-state index in [2.05, 4.69) is 170 Å². The van der Waals surface area contributed by atoms with E-state index >= 15 is 0 Å². The fourth-order valence-electron chi connectivity index (χ4n) is 10.7. The first-order chi connectivity index (χ1) is 22.9. The van der Waals surface area contributed by atoms with Crippen molar-refractivity contribution in [2.24, 2.45) is 16.2 Å². The minimum absolute atomic E-state index is 0. The average molecular weight is 815 g/mol. The van der Waals surface area contributed by atoms with Crippen LogP contribution in [0.4, 0.5) is 0 Å². The predicted octanol–water partition coefficient (Wildman–Crippen LogP) is 14.0. The van der Waals surface area contributed by atoms with Gasteiger partial charge < -0.3 is 0 Å². The molecule has 0 saturated heterocycles. The maximum absolute atomic E-state index is 5.76. The maximum atomic E-state index is 5.76. The first-order valence-electron chi connectivity index (χ1n) is 19.3. The van der Waals surface area contributed by atoms with Crippen molar-refractivity contribution in [1.29, 1.82) is 0 Å². The van der Waals surface area contributed by atoms with Crippen LogP contribution in [0.5, 0.6) is 0 Å². The molecule has 3 aromatic rings. The summed E-state index contributed by atoms with van der Waals surface area (Å²) in [4.78, 5) is 0. The standard InChI is InChI=1S/C31H37.C9H13.C6H5.C2H5.CH2.2ClH.Zr/c1-28(2,3)26-16-30(7,8)24-12-18-11-19-13-25-23(15-21(19)20(18)14-22(24)26)27(29(4,5)6)17-31(25,9)10;1-9(2,3)8-6-4-5-7-8;1-2-4-6-5-3-1;1-2;;;;/h12-16H,11H2,1-10H3;6-7H,4H2,1-3H3;1-5H;1H2,2H3;1H2;2*1H;. The zero-order valence-electron chi connectivity index (χ0n) is 34.6. The van der Waals surface area contributed by atoms with Crippen molar-refractivity contribution in [3.63, 3.8) is 0 Å². The second-order valence-corrected chi connectivity index (χ2v) is 34.9. The molecule has 0 spiro atoms. The Balaban J connectivity index is 0.00000261. The van der Waals surface area contributed by atoms with Gasteiger partial charge in [-0.3, -0.25) is 0 Å². The molecule has 0 nitrogen and oxygen atoms in total. The Labute approximate surface area is 329 Å². The van der Waals surface area contributed by atoms with Crippen molar-refractivity contribution in [1.82, 2.24) is 0 Å². The Kier molecular flexibility index (Phi) is 9.87. The van der Waals surface area contributed by atoms with Crippen LogP contribution in [-0.2, 0) is 35.5 Å². The SMILES string of the molecule is Cl.Cl.[CH2]=[Zr]([CH2]C)([C]1=CC(C(C)(C)C)=CC1)([C]1=C(C(C)(C)C)c2cc3c(cc2C1(C)C)Cc1cc2c(cc1-3)C(C(C)(C)C)=CC2(C)C)[c]1ccccc1. The van der Waals surface area contributed by atoms with Crippen molar-refractivity contribution in [2.75, 3.05) is 0 Å². The number of hydrogen-bond donors (Lipinski definition) is 0. The van der Waals surface area contributed by atoms with Crippen molar-refractivity contribution >= 4 is 43.4 Å². The van der Waals surface area contributed by atoms with E-state index in [9.17, 15) is 0 Å². The van der Waals surface area contributed by atoms with Crippen molar-refractivity contribution in [3.8, 4) is 11.1 Å². The van der Waals surface area contributed by atoms with Crippen LogP contribution < -0.4 is 3.27 Å². The van der Waals surface area contributed by atoms with Crippen LogP contribution in [0.15, 0.2) is 85.0 Å². The zero-order valence-corrected chi connectivity index (χ0v) is 38.7. The number of hydrogen-bond acceptors (Lipinski definition) is 0. The van der Waals surface area contributed by atoms with Gasteiger partial charge in [0.1, 0.15) is 0 Å². The van der Waals surface area contributed by atoms with Gasteiger partial charge in [-0.2, -0.15) is 0 Å². The van der Waals surface area contributed by atoms with Gasteiger partial charge >= 0.3 is 307 Å². The number of allylic oxidation sites excluding steroid dienone is 8. The molecule has 3 heteroatoms. The van der Waals surface area contributed by atoms with Crippen LogP contribution in [0.25, 0.3) is 22.3 Å². The molecule has 0 radical (unpaired) electrons. The van der Waals surface area contributed by atoms with Crippen LogP contribution in [0.1, 0.15) is 137 Å². The second-order valence-electron chi connectivity index (χ2n) is 20.6. The molecule has 0 saturated carbocycles. The quantitative estimate of drug-likeness (QED) is 0.193. The summed E-state index contributed by atoms with van der Waals surface area (Å²) in [5, 5.41) is 0. The minimum atomic E-state index is -4.49. The Morgan fingerprint density at radius 1 is 0.692 bits per heavy atom. The molecule has 0 fully saturated rings. The summed E-state index contributed by atoms with van der Waals surface area (Å²) in [6, 6.07) is 22.0. The monoisotopic (exact) mass is 812 g/mol. The Hall–Kier alpha value is -2.05. The molecule has 3 aromatic carbocycles. The number of halogens is 2. The summed E-state index contributed by atoms with van der Waals surface area (Å²) in [7, 11) is 0. The third kappa shape index (κ3) is 5.72. The van der Waals surface area contributed by atoms with E-state index in [1.165, 1.54) is 58.9 Å². The van der Waals surface area contributed by atoms with Gasteiger partial charge in [0.2, 0.25) is 0 Å². The van der Waals surface area contributed by atoms with E-state index < -0.39 is 18.3 Å². The Morgan fingerprint density at radius 2 is 1.25 bits per heavy atom. The first-order valence-corrected chi connectivity index (χ1v) is 26.5. The fraction of sp³-hybridized carbons (Fsp3) is 0.449. The molecule has 0 atom stereocenters. The third-order valence-corrected chi connectivity index (χ3v) is 31.3. The van der Waals surface area contributed by atoms with Gasteiger partial charge in [0.15, 0.2) is 0 Å². The molecular formula is C49H64Cl2Zr. The number of benzene rings is 3. The van der Waals surface area contributed by atoms with E-state index in [1.807, 2.05) is 0 Å². The topological polar surface area (TPSA) is 0 Å². The second kappa shape index (κ2) is 12.5. The summed E-state index contributed by atoms with van der Waals surface area (Å²) < 4.78 is 11.7. The molecule has 278 valence electrons. The van der Waals surface area contributed by atoms with Crippen LogP contribution in [0, 0.1) is 16.2 Å². The molecule has 0 amide bonds. The van der Waals surface area contributed by atoms with Crippen molar-refractivity contribution in [3.05, 3.63) is 118 Å². The molecule has 4 aliphatic carbocycles. The van der Waals surface area contributed by atoms with Crippen LogP contribution in [0.3, 0.4) is 0 Å².